The summed E-state index contributed by atoms with van der Waals surface area (Å²) in [5.74, 6) is 0.683. The zero-order valence-corrected chi connectivity index (χ0v) is 16.5. The van der Waals surface area contributed by atoms with Crippen LogP contribution in [0.15, 0.2) is 54.6 Å². The number of allylic oxidation sites excluding steroid dienone is 4. The molecule has 1 aromatic rings. The lowest BCUT2D eigenvalue weighted by atomic mass is 10.1. The number of hydrogen-bond donors (Lipinski definition) is 1. The molecule has 1 aliphatic heterocycles. The predicted octanol–water partition coefficient (Wildman–Crippen LogP) is 5.08. The Morgan fingerprint density at radius 3 is 2.36 bits per heavy atom. The van der Waals surface area contributed by atoms with Gasteiger partial charge in [-0.05, 0) is 30.2 Å². The molecule has 0 aliphatic carbocycles. The molecule has 1 heterocycles. The standard InChI is InChI=1S/C21H25F3O3S/c1-2-18(25)15-28-19-13-26-20(27-14-19)8-6-4-3-5-7-16-9-11-17(12-10-16)21(22,23)24/h3-12,18-20,25H,2,13-15H2,1H3. The molecular formula is C21H25F3O3S. The van der Waals surface area contributed by atoms with Crippen molar-refractivity contribution in [2.24, 2.45) is 0 Å². The fourth-order valence-electron chi connectivity index (χ4n) is 2.31. The molecule has 0 spiro atoms. The molecule has 154 valence electrons. The lowest BCUT2D eigenvalue weighted by Crippen LogP contribution is -2.33. The summed E-state index contributed by atoms with van der Waals surface area (Å²) in [5, 5.41) is 9.80. The number of ether oxygens (including phenoxy) is 2. The van der Waals surface area contributed by atoms with E-state index < -0.39 is 18.0 Å². The molecule has 1 unspecified atom stereocenters. The third kappa shape index (κ3) is 8.22. The van der Waals surface area contributed by atoms with Crippen LogP contribution in [0.5, 0.6) is 0 Å². The molecule has 3 nitrogen and oxygen atoms in total. The van der Waals surface area contributed by atoms with E-state index in [-0.39, 0.29) is 11.4 Å². The summed E-state index contributed by atoms with van der Waals surface area (Å²) in [7, 11) is 0. The number of halogens is 3. The average molecular weight is 414 g/mol. The van der Waals surface area contributed by atoms with Crippen molar-refractivity contribution in [1.82, 2.24) is 0 Å². The van der Waals surface area contributed by atoms with Gasteiger partial charge in [-0.2, -0.15) is 24.9 Å². The van der Waals surface area contributed by atoms with Crippen LogP contribution in [0.25, 0.3) is 6.08 Å². The summed E-state index contributed by atoms with van der Waals surface area (Å²) in [6.07, 6.45) is 6.40. The second-order valence-electron chi connectivity index (χ2n) is 6.30. The van der Waals surface area contributed by atoms with Crippen LogP contribution in [0.2, 0.25) is 0 Å². The third-order valence-corrected chi connectivity index (χ3v) is 5.34. The van der Waals surface area contributed by atoms with Crippen LogP contribution >= 0.6 is 11.8 Å². The van der Waals surface area contributed by atoms with Crippen molar-refractivity contribution in [1.29, 1.82) is 0 Å². The number of benzene rings is 1. The number of alkyl halides is 3. The molecule has 1 fully saturated rings. The van der Waals surface area contributed by atoms with Gasteiger partial charge in [-0.1, -0.05) is 49.4 Å². The van der Waals surface area contributed by atoms with Crippen LogP contribution in [-0.4, -0.2) is 41.7 Å². The molecule has 1 aliphatic rings. The first-order valence-electron chi connectivity index (χ1n) is 9.10. The summed E-state index contributed by atoms with van der Waals surface area (Å²) in [5.41, 5.74) is 0.0371. The van der Waals surface area contributed by atoms with Gasteiger partial charge < -0.3 is 14.6 Å². The second-order valence-corrected chi connectivity index (χ2v) is 7.63. The Hall–Kier alpha value is -1.54. The second kappa shape index (κ2) is 11.5. The molecule has 1 aromatic carbocycles. The molecule has 2 rings (SSSR count). The Bertz CT molecular complexity index is 660. The molecule has 7 heteroatoms. The maximum absolute atomic E-state index is 12.5. The molecule has 0 bridgehead atoms. The largest absolute Gasteiger partial charge is 0.416 e. The van der Waals surface area contributed by atoms with Crippen LogP contribution in [0.3, 0.4) is 0 Å². The Balaban J connectivity index is 1.69. The van der Waals surface area contributed by atoms with Crippen molar-refractivity contribution < 1.29 is 27.8 Å². The Morgan fingerprint density at radius 1 is 1.11 bits per heavy atom. The quantitative estimate of drug-likeness (QED) is 0.603. The van der Waals surface area contributed by atoms with E-state index in [0.29, 0.717) is 24.5 Å². The van der Waals surface area contributed by atoms with E-state index >= 15 is 0 Å². The predicted molar refractivity (Wildman–Crippen MR) is 107 cm³/mol. The molecule has 1 atom stereocenters. The van der Waals surface area contributed by atoms with Crippen LogP contribution in [0.4, 0.5) is 13.2 Å². The van der Waals surface area contributed by atoms with Gasteiger partial charge in [0.05, 0.1) is 30.1 Å². The molecule has 0 amide bonds. The van der Waals surface area contributed by atoms with E-state index in [1.54, 1.807) is 48.2 Å². The van der Waals surface area contributed by atoms with Gasteiger partial charge in [0.15, 0.2) is 6.29 Å². The van der Waals surface area contributed by atoms with Gasteiger partial charge in [-0.15, -0.1) is 0 Å². The van der Waals surface area contributed by atoms with Crippen molar-refractivity contribution in [2.45, 2.75) is 37.2 Å². The number of thioether (sulfide) groups is 1. The normalized spacial score (nSPS) is 22.5. The summed E-state index contributed by atoms with van der Waals surface area (Å²) in [4.78, 5) is 0. The highest BCUT2D eigenvalue weighted by molar-refractivity contribution is 8.00. The summed E-state index contributed by atoms with van der Waals surface area (Å²) >= 11 is 1.66. The van der Waals surface area contributed by atoms with E-state index in [4.69, 9.17) is 9.47 Å². The fraction of sp³-hybridized carbons (Fsp3) is 0.429. The van der Waals surface area contributed by atoms with Gasteiger partial charge in [-0.3, -0.25) is 0 Å². The molecule has 0 saturated carbocycles. The van der Waals surface area contributed by atoms with E-state index in [0.717, 1.165) is 18.6 Å². The third-order valence-electron chi connectivity index (χ3n) is 4.02. The van der Waals surface area contributed by atoms with Crippen molar-refractivity contribution in [2.75, 3.05) is 19.0 Å². The molecule has 28 heavy (non-hydrogen) atoms. The molecule has 1 saturated heterocycles. The van der Waals surface area contributed by atoms with Crippen LogP contribution < -0.4 is 0 Å². The minimum Gasteiger partial charge on any atom is -0.392 e. The number of aliphatic hydroxyl groups excluding tert-OH is 1. The smallest absolute Gasteiger partial charge is 0.392 e. The monoisotopic (exact) mass is 414 g/mol. The number of rotatable bonds is 8. The van der Waals surface area contributed by atoms with Crippen LogP contribution in [0, 0.1) is 0 Å². The highest BCUT2D eigenvalue weighted by Gasteiger charge is 2.29. The molecule has 0 radical (unpaired) electrons. The van der Waals surface area contributed by atoms with Crippen molar-refractivity contribution in [3.63, 3.8) is 0 Å². The maximum atomic E-state index is 12.5. The number of hydrogen-bond acceptors (Lipinski definition) is 4. The Kier molecular flexibility index (Phi) is 9.31. The van der Waals surface area contributed by atoms with Crippen molar-refractivity contribution in [3.05, 3.63) is 65.8 Å². The highest BCUT2D eigenvalue weighted by atomic mass is 32.2. The lowest BCUT2D eigenvalue weighted by molar-refractivity contribution is -0.146. The molecule has 1 N–H and O–H groups in total. The minimum atomic E-state index is -4.31. The van der Waals surface area contributed by atoms with Crippen molar-refractivity contribution in [3.8, 4) is 0 Å². The first kappa shape index (κ1) is 22.7. The van der Waals surface area contributed by atoms with Gasteiger partial charge in [0.1, 0.15) is 0 Å². The van der Waals surface area contributed by atoms with E-state index in [1.807, 2.05) is 6.92 Å². The van der Waals surface area contributed by atoms with Gasteiger partial charge in [-0.25, -0.2) is 0 Å². The lowest BCUT2D eigenvalue weighted by Gasteiger charge is -2.27. The summed E-state index contributed by atoms with van der Waals surface area (Å²) in [6.45, 7) is 3.10. The van der Waals surface area contributed by atoms with Gasteiger partial charge >= 0.3 is 6.18 Å². The van der Waals surface area contributed by atoms with Gasteiger partial charge in [0.25, 0.3) is 0 Å². The fourth-order valence-corrected chi connectivity index (χ4v) is 3.39. The maximum Gasteiger partial charge on any atom is 0.416 e. The summed E-state index contributed by atoms with van der Waals surface area (Å²) in [6, 6.07) is 4.99. The van der Waals surface area contributed by atoms with E-state index in [1.165, 1.54) is 12.1 Å². The zero-order chi connectivity index (χ0) is 20.4. The molecular weight excluding hydrogens is 389 g/mol. The number of aliphatic hydroxyl groups is 1. The molecule has 0 aromatic heterocycles. The first-order valence-corrected chi connectivity index (χ1v) is 10.1. The van der Waals surface area contributed by atoms with E-state index in [2.05, 4.69) is 0 Å². The van der Waals surface area contributed by atoms with Crippen LogP contribution in [0.1, 0.15) is 24.5 Å². The average Bonchev–Trinajstić information content (AvgIpc) is 2.69. The van der Waals surface area contributed by atoms with E-state index in [9.17, 15) is 18.3 Å². The zero-order valence-electron chi connectivity index (χ0n) is 15.6. The Labute approximate surface area is 167 Å². The van der Waals surface area contributed by atoms with Crippen LogP contribution in [-0.2, 0) is 15.7 Å². The Morgan fingerprint density at radius 2 is 1.75 bits per heavy atom. The van der Waals surface area contributed by atoms with Gasteiger partial charge in [0, 0.05) is 5.75 Å². The topological polar surface area (TPSA) is 38.7 Å². The minimum absolute atomic E-state index is 0.230. The van der Waals surface area contributed by atoms with Crippen molar-refractivity contribution >= 4 is 17.8 Å². The first-order chi connectivity index (χ1) is 13.4. The highest BCUT2D eigenvalue weighted by Crippen LogP contribution is 2.29. The van der Waals surface area contributed by atoms with Gasteiger partial charge in [0.2, 0.25) is 0 Å². The summed E-state index contributed by atoms with van der Waals surface area (Å²) < 4.78 is 48.7. The SMILES string of the molecule is CCC(O)CSC1COC(C=CC=CC=Cc2ccc(C(F)(F)F)cc2)OC1.